The molecule has 0 unspecified atom stereocenters. The number of carboxylic acids is 1. The van der Waals surface area contributed by atoms with Crippen molar-refractivity contribution < 1.29 is 14.3 Å². The Hall–Kier alpha value is -1.95. The number of rotatable bonds is 2. The van der Waals surface area contributed by atoms with Crippen molar-refractivity contribution >= 4 is 17.6 Å². The summed E-state index contributed by atoms with van der Waals surface area (Å²) in [6.07, 6.45) is 0. The number of halogens is 2. The third-order valence-electron chi connectivity index (χ3n) is 2.19. The average molecular weight is 256 g/mol. The molecule has 0 radical (unpaired) electrons. The normalized spacial score (nSPS) is 10.5. The highest BCUT2D eigenvalue weighted by Gasteiger charge is 2.16. The molecule has 88 valence electrons. The summed E-state index contributed by atoms with van der Waals surface area (Å²) in [5, 5.41) is 16.2. The molecule has 1 N–H and O–H groups in total. The van der Waals surface area contributed by atoms with Gasteiger partial charge in [-0.3, -0.25) is 0 Å². The molecule has 2 rings (SSSR count). The zero-order chi connectivity index (χ0) is 12.6. The topological polar surface area (TPSA) is 68.0 Å². The van der Waals surface area contributed by atoms with E-state index in [-0.39, 0.29) is 10.7 Å². The van der Waals surface area contributed by atoms with Crippen molar-refractivity contribution in [2.75, 3.05) is 0 Å². The fourth-order valence-electron chi connectivity index (χ4n) is 1.43. The summed E-state index contributed by atoms with van der Waals surface area (Å²) in [5.41, 5.74) is 0.456. The summed E-state index contributed by atoms with van der Waals surface area (Å²) in [5.74, 6) is -1.71. The molecule has 5 nitrogen and oxygen atoms in total. The Morgan fingerprint density at radius 2 is 2.18 bits per heavy atom. The van der Waals surface area contributed by atoms with Crippen molar-refractivity contribution in [3.8, 4) is 5.69 Å². The number of aromatic nitrogens is 3. The lowest BCUT2D eigenvalue weighted by Crippen LogP contribution is -2.03. The van der Waals surface area contributed by atoms with Crippen LogP contribution in [0, 0.1) is 12.7 Å². The minimum Gasteiger partial charge on any atom is -0.476 e. The van der Waals surface area contributed by atoms with Crippen LogP contribution in [0.1, 0.15) is 16.2 Å². The van der Waals surface area contributed by atoms with Crippen molar-refractivity contribution in [1.82, 2.24) is 15.0 Å². The van der Waals surface area contributed by atoms with E-state index in [1.807, 2.05) is 0 Å². The van der Waals surface area contributed by atoms with Crippen LogP contribution in [0.5, 0.6) is 0 Å². The highest BCUT2D eigenvalue weighted by Crippen LogP contribution is 2.18. The Morgan fingerprint density at radius 3 is 2.71 bits per heavy atom. The molecular weight excluding hydrogens is 249 g/mol. The van der Waals surface area contributed by atoms with Gasteiger partial charge in [0.25, 0.3) is 0 Å². The zero-order valence-corrected chi connectivity index (χ0v) is 9.44. The molecule has 0 aliphatic carbocycles. The molecule has 2 aromatic rings. The number of hydrogen-bond donors (Lipinski definition) is 1. The maximum atomic E-state index is 13.1. The molecular formula is C10H7ClFN3O2. The van der Waals surface area contributed by atoms with E-state index in [0.717, 1.165) is 6.07 Å². The van der Waals surface area contributed by atoms with E-state index in [0.29, 0.717) is 11.4 Å². The summed E-state index contributed by atoms with van der Waals surface area (Å²) in [6, 6.07) is 3.81. The lowest BCUT2D eigenvalue weighted by Gasteiger charge is -2.03. The van der Waals surface area contributed by atoms with Crippen LogP contribution in [0.2, 0.25) is 5.02 Å². The molecule has 0 saturated carbocycles. The second-order valence-electron chi connectivity index (χ2n) is 3.37. The van der Waals surface area contributed by atoms with Gasteiger partial charge >= 0.3 is 5.97 Å². The molecule has 1 heterocycles. The van der Waals surface area contributed by atoms with E-state index < -0.39 is 11.8 Å². The van der Waals surface area contributed by atoms with E-state index in [1.165, 1.54) is 23.7 Å². The Labute approximate surface area is 100 Å². The van der Waals surface area contributed by atoms with Crippen molar-refractivity contribution in [3.05, 3.63) is 40.4 Å². The van der Waals surface area contributed by atoms with Crippen LogP contribution >= 0.6 is 11.6 Å². The van der Waals surface area contributed by atoms with Gasteiger partial charge in [-0.15, -0.1) is 5.10 Å². The maximum absolute atomic E-state index is 13.1. The Kier molecular flexibility index (Phi) is 2.81. The highest BCUT2D eigenvalue weighted by atomic mass is 35.5. The molecule has 0 saturated heterocycles. The Balaban J connectivity index is 2.57. The lowest BCUT2D eigenvalue weighted by molar-refractivity contribution is 0.0689. The number of nitrogens with zero attached hydrogens (tertiary/aromatic N) is 3. The van der Waals surface area contributed by atoms with Gasteiger partial charge in [-0.2, -0.15) is 0 Å². The second-order valence-corrected chi connectivity index (χ2v) is 3.80. The van der Waals surface area contributed by atoms with Crippen LogP contribution in [0.4, 0.5) is 4.39 Å². The summed E-state index contributed by atoms with van der Waals surface area (Å²) in [4.78, 5) is 10.8. The van der Waals surface area contributed by atoms with E-state index in [2.05, 4.69) is 10.3 Å². The molecule has 1 aromatic carbocycles. The first kappa shape index (κ1) is 11.5. The number of aromatic carboxylic acids is 1. The molecule has 17 heavy (non-hydrogen) atoms. The van der Waals surface area contributed by atoms with Gasteiger partial charge in [0.15, 0.2) is 5.69 Å². The molecule has 0 bridgehead atoms. The number of benzene rings is 1. The molecule has 0 spiro atoms. The van der Waals surface area contributed by atoms with Gasteiger partial charge in [0, 0.05) is 5.02 Å². The smallest absolute Gasteiger partial charge is 0.358 e. The fourth-order valence-corrected chi connectivity index (χ4v) is 1.65. The molecule has 0 amide bonds. The quantitative estimate of drug-likeness (QED) is 0.892. The van der Waals surface area contributed by atoms with Crippen molar-refractivity contribution in [2.24, 2.45) is 0 Å². The molecule has 7 heteroatoms. The highest BCUT2D eigenvalue weighted by molar-refractivity contribution is 6.30. The van der Waals surface area contributed by atoms with Gasteiger partial charge in [-0.05, 0) is 25.1 Å². The minimum atomic E-state index is -1.18. The predicted molar refractivity (Wildman–Crippen MR) is 58.0 cm³/mol. The standard InChI is InChI=1S/C10H7ClFN3O2/c1-5-9(10(16)17)13-14-15(5)8-3-6(11)2-7(12)4-8/h2-4H,1H3,(H,16,17). The SMILES string of the molecule is Cc1c(C(=O)O)nnn1-c1cc(F)cc(Cl)c1. The number of hydrogen-bond acceptors (Lipinski definition) is 3. The molecule has 0 fully saturated rings. The van der Waals surface area contributed by atoms with E-state index in [9.17, 15) is 9.18 Å². The number of carboxylic acid groups (broad SMARTS) is 1. The van der Waals surface area contributed by atoms with E-state index >= 15 is 0 Å². The van der Waals surface area contributed by atoms with Gasteiger partial charge in [0.05, 0.1) is 11.4 Å². The summed E-state index contributed by atoms with van der Waals surface area (Å²) >= 11 is 5.70. The summed E-state index contributed by atoms with van der Waals surface area (Å²) in [6.45, 7) is 1.53. The van der Waals surface area contributed by atoms with Gasteiger partial charge in [-0.25, -0.2) is 13.9 Å². The minimum absolute atomic E-state index is 0.176. The first-order valence-corrected chi connectivity index (χ1v) is 4.99. The van der Waals surface area contributed by atoms with Crippen LogP contribution in [0.3, 0.4) is 0 Å². The van der Waals surface area contributed by atoms with Gasteiger partial charge in [-0.1, -0.05) is 16.8 Å². The maximum Gasteiger partial charge on any atom is 0.358 e. The van der Waals surface area contributed by atoms with Crippen LogP contribution in [0.15, 0.2) is 18.2 Å². The molecule has 0 aliphatic heterocycles. The summed E-state index contributed by atoms with van der Waals surface area (Å²) < 4.78 is 14.4. The third kappa shape index (κ3) is 2.12. The van der Waals surface area contributed by atoms with Gasteiger partial charge in [0.2, 0.25) is 0 Å². The monoisotopic (exact) mass is 255 g/mol. The zero-order valence-electron chi connectivity index (χ0n) is 8.69. The first-order valence-electron chi connectivity index (χ1n) is 4.61. The molecule has 0 atom stereocenters. The molecule has 1 aromatic heterocycles. The second kappa shape index (κ2) is 4.14. The van der Waals surface area contributed by atoms with Crippen molar-refractivity contribution in [1.29, 1.82) is 0 Å². The van der Waals surface area contributed by atoms with Crippen molar-refractivity contribution in [2.45, 2.75) is 6.92 Å². The van der Waals surface area contributed by atoms with Gasteiger partial charge < -0.3 is 5.11 Å². The van der Waals surface area contributed by atoms with E-state index in [1.54, 1.807) is 0 Å². The fraction of sp³-hybridized carbons (Fsp3) is 0.100. The van der Waals surface area contributed by atoms with Crippen LogP contribution < -0.4 is 0 Å². The van der Waals surface area contributed by atoms with E-state index in [4.69, 9.17) is 16.7 Å². The van der Waals surface area contributed by atoms with Crippen LogP contribution in [0.25, 0.3) is 5.69 Å². The summed E-state index contributed by atoms with van der Waals surface area (Å²) in [7, 11) is 0. The van der Waals surface area contributed by atoms with Crippen LogP contribution in [-0.4, -0.2) is 26.1 Å². The lowest BCUT2D eigenvalue weighted by atomic mass is 10.3. The predicted octanol–water partition coefficient (Wildman–Crippen LogP) is 2.07. The number of carbonyl (C=O) groups is 1. The first-order chi connectivity index (χ1) is 7.99. The Morgan fingerprint density at radius 1 is 1.47 bits per heavy atom. The average Bonchev–Trinajstić information content (AvgIpc) is 2.58. The Bertz CT molecular complexity index is 577. The largest absolute Gasteiger partial charge is 0.476 e. The van der Waals surface area contributed by atoms with Crippen molar-refractivity contribution in [3.63, 3.8) is 0 Å². The molecule has 0 aliphatic rings. The third-order valence-corrected chi connectivity index (χ3v) is 2.41. The van der Waals surface area contributed by atoms with Crippen LogP contribution in [-0.2, 0) is 0 Å². The van der Waals surface area contributed by atoms with Gasteiger partial charge in [0.1, 0.15) is 5.82 Å².